The number of pyridine rings is 1. The van der Waals surface area contributed by atoms with Crippen molar-refractivity contribution in [3.05, 3.63) is 59.8 Å². The van der Waals surface area contributed by atoms with E-state index in [0.717, 1.165) is 24.3 Å². The SMILES string of the molecule is CC1CC(C(=O)NCc2cccnc2N(C)Cc2ccccc2)NN1. The standard InChI is InChI=1S/C19H25N5O/c1-14-11-17(23-22-14)19(25)21-12-16-9-6-10-20-18(16)24(2)13-15-7-4-3-5-8-15/h3-10,14,17,22-23H,11-13H2,1-2H3,(H,21,25). The van der Waals surface area contributed by atoms with Crippen LogP contribution in [0, 0.1) is 0 Å². The Morgan fingerprint density at radius 3 is 2.76 bits per heavy atom. The van der Waals surface area contributed by atoms with Gasteiger partial charge in [0.15, 0.2) is 0 Å². The van der Waals surface area contributed by atoms with Crippen LogP contribution in [-0.2, 0) is 17.9 Å². The third kappa shape index (κ3) is 4.55. The van der Waals surface area contributed by atoms with E-state index in [1.807, 2.05) is 37.4 Å². The number of hydrogen-bond acceptors (Lipinski definition) is 5. The predicted molar refractivity (Wildman–Crippen MR) is 98.8 cm³/mol. The topological polar surface area (TPSA) is 69.3 Å². The van der Waals surface area contributed by atoms with Gasteiger partial charge in [0, 0.05) is 37.9 Å². The second-order valence-corrected chi connectivity index (χ2v) is 6.52. The highest BCUT2D eigenvalue weighted by Gasteiger charge is 2.26. The van der Waals surface area contributed by atoms with E-state index in [1.54, 1.807) is 6.20 Å². The molecule has 0 radical (unpaired) electrons. The van der Waals surface area contributed by atoms with Crippen LogP contribution in [0.3, 0.4) is 0 Å². The van der Waals surface area contributed by atoms with Crippen LogP contribution in [0.4, 0.5) is 5.82 Å². The predicted octanol–water partition coefficient (Wildman–Crippen LogP) is 1.59. The Morgan fingerprint density at radius 1 is 1.24 bits per heavy atom. The lowest BCUT2D eigenvalue weighted by molar-refractivity contribution is -0.123. The number of hydrazine groups is 1. The normalized spacial score (nSPS) is 19.6. The highest BCUT2D eigenvalue weighted by Crippen LogP contribution is 2.18. The molecule has 25 heavy (non-hydrogen) atoms. The molecule has 6 heteroatoms. The fraction of sp³-hybridized carbons (Fsp3) is 0.368. The third-order valence-electron chi connectivity index (χ3n) is 4.35. The average Bonchev–Trinajstić information content (AvgIpc) is 3.07. The number of carbonyl (C=O) groups is 1. The Hall–Kier alpha value is -2.44. The highest BCUT2D eigenvalue weighted by molar-refractivity contribution is 5.82. The van der Waals surface area contributed by atoms with E-state index in [4.69, 9.17) is 0 Å². The number of rotatable bonds is 6. The molecule has 3 rings (SSSR count). The van der Waals surface area contributed by atoms with Gasteiger partial charge in [-0.3, -0.25) is 10.2 Å². The fourth-order valence-corrected chi connectivity index (χ4v) is 3.04. The maximum absolute atomic E-state index is 12.3. The summed E-state index contributed by atoms with van der Waals surface area (Å²) >= 11 is 0. The molecule has 1 amide bonds. The summed E-state index contributed by atoms with van der Waals surface area (Å²) in [7, 11) is 2.02. The van der Waals surface area contributed by atoms with Crippen molar-refractivity contribution in [1.82, 2.24) is 21.2 Å². The van der Waals surface area contributed by atoms with Crippen molar-refractivity contribution in [3.8, 4) is 0 Å². The molecular formula is C19H25N5O. The lowest BCUT2D eigenvalue weighted by Gasteiger charge is -2.21. The summed E-state index contributed by atoms with van der Waals surface area (Å²) in [6, 6.07) is 14.3. The first-order valence-corrected chi connectivity index (χ1v) is 8.61. The van der Waals surface area contributed by atoms with E-state index >= 15 is 0 Å². The molecule has 0 spiro atoms. The van der Waals surface area contributed by atoms with Gasteiger partial charge in [0.05, 0.1) is 0 Å². The monoisotopic (exact) mass is 339 g/mol. The van der Waals surface area contributed by atoms with E-state index in [9.17, 15) is 4.79 Å². The van der Waals surface area contributed by atoms with E-state index in [0.29, 0.717) is 12.6 Å². The van der Waals surface area contributed by atoms with Gasteiger partial charge < -0.3 is 10.2 Å². The largest absolute Gasteiger partial charge is 0.355 e. The Morgan fingerprint density at radius 2 is 2.04 bits per heavy atom. The minimum atomic E-state index is -0.183. The van der Waals surface area contributed by atoms with E-state index in [-0.39, 0.29) is 11.9 Å². The summed E-state index contributed by atoms with van der Waals surface area (Å²) in [6.07, 6.45) is 2.58. The van der Waals surface area contributed by atoms with Gasteiger partial charge in [0.25, 0.3) is 0 Å². The zero-order valence-electron chi connectivity index (χ0n) is 14.7. The van der Waals surface area contributed by atoms with Crippen LogP contribution in [0.1, 0.15) is 24.5 Å². The summed E-state index contributed by atoms with van der Waals surface area (Å²) in [4.78, 5) is 18.9. The first-order chi connectivity index (χ1) is 12.1. The summed E-state index contributed by atoms with van der Waals surface area (Å²) < 4.78 is 0. The lowest BCUT2D eigenvalue weighted by Crippen LogP contribution is -2.43. The number of anilines is 1. The number of hydrogen-bond donors (Lipinski definition) is 3. The summed E-state index contributed by atoms with van der Waals surface area (Å²) in [5.74, 6) is 0.898. The minimum Gasteiger partial charge on any atom is -0.355 e. The van der Waals surface area contributed by atoms with Gasteiger partial charge in [-0.25, -0.2) is 10.4 Å². The molecule has 1 aromatic carbocycles. The number of carbonyl (C=O) groups excluding carboxylic acids is 1. The molecule has 1 aromatic heterocycles. The van der Waals surface area contributed by atoms with E-state index in [1.165, 1.54) is 5.56 Å². The van der Waals surface area contributed by atoms with Crippen molar-refractivity contribution in [2.24, 2.45) is 0 Å². The van der Waals surface area contributed by atoms with Crippen molar-refractivity contribution in [3.63, 3.8) is 0 Å². The third-order valence-corrected chi connectivity index (χ3v) is 4.35. The molecule has 1 saturated heterocycles. The zero-order valence-corrected chi connectivity index (χ0v) is 14.7. The summed E-state index contributed by atoms with van der Waals surface area (Å²) in [5, 5.41) is 3.01. The molecule has 3 N–H and O–H groups in total. The maximum atomic E-state index is 12.3. The second-order valence-electron chi connectivity index (χ2n) is 6.52. The van der Waals surface area contributed by atoms with Crippen LogP contribution in [0.5, 0.6) is 0 Å². The van der Waals surface area contributed by atoms with Gasteiger partial charge in [-0.15, -0.1) is 0 Å². The van der Waals surface area contributed by atoms with Gasteiger partial charge in [-0.05, 0) is 25.0 Å². The van der Waals surface area contributed by atoms with Gasteiger partial charge in [-0.2, -0.15) is 0 Å². The Balaban J connectivity index is 1.63. The van der Waals surface area contributed by atoms with Crippen LogP contribution in [0.25, 0.3) is 0 Å². The Labute approximate surface area is 148 Å². The number of aromatic nitrogens is 1. The van der Waals surface area contributed by atoms with Crippen molar-refractivity contribution in [2.45, 2.75) is 38.5 Å². The molecule has 2 heterocycles. The maximum Gasteiger partial charge on any atom is 0.238 e. The first-order valence-electron chi connectivity index (χ1n) is 8.61. The Bertz CT molecular complexity index is 706. The molecule has 1 fully saturated rings. The first kappa shape index (κ1) is 17.4. The fourth-order valence-electron chi connectivity index (χ4n) is 3.04. The smallest absolute Gasteiger partial charge is 0.238 e. The van der Waals surface area contributed by atoms with Crippen molar-refractivity contribution in [1.29, 1.82) is 0 Å². The zero-order chi connectivity index (χ0) is 17.6. The summed E-state index contributed by atoms with van der Waals surface area (Å²) in [5.41, 5.74) is 8.33. The Kier molecular flexibility index (Phi) is 5.63. The molecular weight excluding hydrogens is 314 g/mol. The van der Waals surface area contributed by atoms with Crippen molar-refractivity contribution >= 4 is 11.7 Å². The number of nitrogens with one attached hydrogen (secondary N) is 3. The van der Waals surface area contributed by atoms with Crippen molar-refractivity contribution < 1.29 is 4.79 Å². The molecule has 2 unspecified atom stereocenters. The highest BCUT2D eigenvalue weighted by atomic mass is 16.2. The van der Waals surface area contributed by atoms with Crippen LogP contribution in [-0.4, -0.2) is 30.0 Å². The lowest BCUT2D eigenvalue weighted by atomic mass is 10.1. The molecule has 1 aliphatic rings. The molecule has 132 valence electrons. The molecule has 0 saturated carbocycles. The number of nitrogens with zero attached hydrogens (tertiary/aromatic N) is 2. The summed E-state index contributed by atoms with van der Waals surface area (Å²) in [6.45, 7) is 3.29. The molecule has 0 aliphatic carbocycles. The molecule has 0 bridgehead atoms. The molecule has 2 atom stereocenters. The quantitative estimate of drug-likeness (QED) is 0.746. The van der Waals surface area contributed by atoms with Gasteiger partial charge in [-0.1, -0.05) is 36.4 Å². The van der Waals surface area contributed by atoms with Gasteiger partial charge in [0.1, 0.15) is 11.9 Å². The van der Waals surface area contributed by atoms with Crippen LogP contribution < -0.4 is 21.1 Å². The van der Waals surface area contributed by atoms with Crippen molar-refractivity contribution in [2.75, 3.05) is 11.9 Å². The van der Waals surface area contributed by atoms with E-state index < -0.39 is 0 Å². The molecule has 2 aromatic rings. The minimum absolute atomic E-state index is 0.0114. The van der Waals surface area contributed by atoms with Crippen LogP contribution in [0.15, 0.2) is 48.7 Å². The molecule has 1 aliphatic heterocycles. The number of benzene rings is 1. The number of amides is 1. The van der Waals surface area contributed by atoms with Crippen LogP contribution in [0.2, 0.25) is 0 Å². The van der Waals surface area contributed by atoms with Crippen LogP contribution >= 0.6 is 0 Å². The van der Waals surface area contributed by atoms with E-state index in [2.05, 4.69) is 45.1 Å². The second kappa shape index (κ2) is 8.09. The molecule has 6 nitrogen and oxygen atoms in total. The van der Waals surface area contributed by atoms with Gasteiger partial charge in [0.2, 0.25) is 5.91 Å². The average molecular weight is 339 g/mol. The van der Waals surface area contributed by atoms with Gasteiger partial charge >= 0.3 is 0 Å².